The van der Waals surface area contributed by atoms with E-state index in [1.807, 2.05) is 0 Å². The summed E-state index contributed by atoms with van der Waals surface area (Å²) >= 11 is 0. The Balaban J connectivity index is -0.000000304. The van der Waals surface area contributed by atoms with Crippen molar-refractivity contribution in [3.63, 3.8) is 0 Å². The van der Waals surface area contributed by atoms with Gasteiger partial charge in [0.15, 0.2) is 0 Å². The lowest BCUT2D eigenvalue weighted by Crippen LogP contribution is -1.99. The third kappa shape index (κ3) is 13.2. The Morgan fingerprint density at radius 1 is 0.810 bits per heavy atom. The molecule has 0 bridgehead atoms. The average molecular weight is 292 g/mol. The van der Waals surface area contributed by atoms with Crippen LogP contribution in [0.15, 0.2) is 76.3 Å². The fourth-order valence-electron chi connectivity index (χ4n) is 0.823. The molecule has 5 heteroatoms. The molecule has 114 valence electrons. The van der Waals surface area contributed by atoms with Gasteiger partial charge in [0.1, 0.15) is 0 Å². The smallest absolute Gasteiger partial charge is 0.335 e. The first-order valence-electron chi connectivity index (χ1n) is 5.46. The molecule has 1 aromatic carbocycles. The highest BCUT2D eigenvalue weighted by Crippen LogP contribution is 2.03. The Hall–Kier alpha value is -3.08. The van der Waals surface area contributed by atoms with Crippen LogP contribution in [0.4, 0.5) is 0 Å². The molecule has 1 rings (SSSR count). The minimum atomic E-state index is -1.06. The van der Waals surface area contributed by atoms with Crippen LogP contribution in [0.2, 0.25) is 0 Å². The topological polar surface area (TPSA) is 83.8 Å². The summed E-state index contributed by atoms with van der Waals surface area (Å²) in [5.74, 6) is -2.13. The van der Waals surface area contributed by atoms with Crippen molar-refractivity contribution in [1.29, 1.82) is 0 Å². The molecule has 0 radical (unpaired) electrons. The maximum atomic E-state index is 10.3. The lowest BCUT2D eigenvalue weighted by Gasteiger charge is -1.94. The van der Waals surface area contributed by atoms with E-state index in [1.165, 1.54) is 36.8 Å². The van der Waals surface area contributed by atoms with Crippen LogP contribution in [0.5, 0.6) is 0 Å². The average Bonchev–Trinajstić information content (AvgIpc) is 2.52. The number of ether oxygens (including phenoxy) is 1. The van der Waals surface area contributed by atoms with Gasteiger partial charge in [-0.2, -0.15) is 0 Å². The molecule has 5 nitrogen and oxygen atoms in total. The quantitative estimate of drug-likeness (QED) is 0.647. The number of carboxylic acids is 2. The summed E-state index contributed by atoms with van der Waals surface area (Å²) in [6.45, 7) is 18.5. The zero-order valence-corrected chi connectivity index (χ0v) is 11.8. The molecule has 0 saturated heterocycles. The molecule has 2 N–H and O–H groups in total. The molecule has 0 atom stereocenters. The number of rotatable bonds is 4. The molecule has 0 saturated carbocycles. The van der Waals surface area contributed by atoms with E-state index >= 15 is 0 Å². The van der Waals surface area contributed by atoms with Crippen molar-refractivity contribution in [3.05, 3.63) is 87.4 Å². The van der Waals surface area contributed by atoms with Gasteiger partial charge in [0.25, 0.3) is 0 Å². The fraction of sp³-hybridized carbons (Fsp3) is 0. The van der Waals surface area contributed by atoms with Crippen LogP contribution in [0.1, 0.15) is 20.7 Å². The summed E-state index contributed by atoms with van der Waals surface area (Å²) in [6.07, 6.45) is 2.62. The maximum Gasteiger partial charge on any atom is 0.335 e. The summed E-state index contributed by atoms with van der Waals surface area (Å²) in [7, 11) is 0. The summed E-state index contributed by atoms with van der Waals surface area (Å²) in [5, 5.41) is 16.9. The van der Waals surface area contributed by atoms with Gasteiger partial charge in [0.05, 0.1) is 23.7 Å². The Morgan fingerprint density at radius 2 is 1.05 bits per heavy atom. The second kappa shape index (κ2) is 16.9. The molecule has 0 unspecified atom stereocenters. The van der Waals surface area contributed by atoms with E-state index < -0.39 is 11.9 Å². The van der Waals surface area contributed by atoms with E-state index in [-0.39, 0.29) is 11.1 Å². The zero-order valence-electron chi connectivity index (χ0n) is 11.8. The van der Waals surface area contributed by atoms with Crippen LogP contribution in [0, 0.1) is 0 Å². The molecular formula is C16H20O5. The fourth-order valence-corrected chi connectivity index (χ4v) is 0.823. The second-order valence-corrected chi connectivity index (χ2v) is 2.66. The minimum absolute atomic E-state index is 0.0833. The predicted molar refractivity (Wildman–Crippen MR) is 84.3 cm³/mol. The standard InChI is InChI=1S/C8H6O4.C4H6O.2C2H4/c9-7(10)5-1-2-6(4-3-5)8(11)12;1-3-5-4-2;2*1-2/h1-4H,(H,9,10)(H,11,12);3-4H,1-2H2;2*1-2H2. The first-order valence-corrected chi connectivity index (χ1v) is 5.46. The van der Waals surface area contributed by atoms with Crippen molar-refractivity contribution in [3.8, 4) is 0 Å². The van der Waals surface area contributed by atoms with Crippen molar-refractivity contribution in [2.45, 2.75) is 0 Å². The number of benzene rings is 1. The third-order valence-corrected chi connectivity index (χ3v) is 1.57. The van der Waals surface area contributed by atoms with Gasteiger partial charge in [-0.15, -0.1) is 26.3 Å². The molecular weight excluding hydrogens is 272 g/mol. The highest BCUT2D eigenvalue weighted by molar-refractivity contribution is 5.91. The molecule has 0 amide bonds. The maximum absolute atomic E-state index is 10.3. The van der Waals surface area contributed by atoms with Crippen LogP contribution < -0.4 is 0 Å². The van der Waals surface area contributed by atoms with Gasteiger partial charge in [-0.05, 0) is 24.3 Å². The molecule has 0 aliphatic rings. The van der Waals surface area contributed by atoms with E-state index in [2.05, 4.69) is 44.2 Å². The van der Waals surface area contributed by atoms with Crippen molar-refractivity contribution in [2.75, 3.05) is 0 Å². The Kier molecular flexibility index (Phi) is 18.6. The molecule has 0 aliphatic heterocycles. The number of carboxylic acid groups (broad SMARTS) is 2. The number of carbonyl (C=O) groups is 2. The van der Waals surface area contributed by atoms with Gasteiger partial charge in [-0.25, -0.2) is 9.59 Å². The minimum Gasteiger partial charge on any atom is -0.478 e. The van der Waals surface area contributed by atoms with E-state index in [4.69, 9.17) is 10.2 Å². The molecule has 0 heterocycles. The van der Waals surface area contributed by atoms with Crippen LogP contribution in [0.3, 0.4) is 0 Å². The van der Waals surface area contributed by atoms with Crippen LogP contribution in [-0.2, 0) is 4.74 Å². The van der Waals surface area contributed by atoms with Gasteiger partial charge >= 0.3 is 11.9 Å². The lowest BCUT2D eigenvalue weighted by atomic mass is 10.1. The molecule has 1 aromatic rings. The van der Waals surface area contributed by atoms with E-state index in [1.54, 1.807) is 0 Å². The number of hydrogen-bond donors (Lipinski definition) is 2. The van der Waals surface area contributed by atoms with Crippen LogP contribution in [-0.4, -0.2) is 22.2 Å². The van der Waals surface area contributed by atoms with E-state index in [9.17, 15) is 9.59 Å². The van der Waals surface area contributed by atoms with Crippen molar-refractivity contribution in [1.82, 2.24) is 0 Å². The lowest BCUT2D eigenvalue weighted by molar-refractivity contribution is 0.0681. The van der Waals surface area contributed by atoms with Crippen molar-refractivity contribution < 1.29 is 24.5 Å². The molecule has 0 spiro atoms. The van der Waals surface area contributed by atoms with Gasteiger partial charge in [0.2, 0.25) is 0 Å². The van der Waals surface area contributed by atoms with Gasteiger partial charge in [-0.3, -0.25) is 0 Å². The number of hydrogen-bond acceptors (Lipinski definition) is 3. The monoisotopic (exact) mass is 292 g/mol. The first kappa shape index (κ1) is 23.0. The predicted octanol–water partition coefficient (Wildman–Crippen LogP) is 3.98. The molecule has 21 heavy (non-hydrogen) atoms. The van der Waals surface area contributed by atoms with Gasteiger partial charge < -0.3 is 14.9 Å². The molecule has 0 aromatic heterocycles. The Morgan fingerprint density at radius 3 is 1.14 bits per heavy atom. The molecule has 0 aliphatic carbocycles. The van der Waals surface area contributed by atoms with Crippen LogP contribution >= 0.6 is 0 Å². The number of aromatic carboxylic acids is 2. The van der Waals surface area contributed by atoms with Crippen molar-refractivity contribution in [2.24, 2.45) is 0 Å². The summed E-state index contributed by atoms with van der Waals surface area (Å²) in [5.41, 5.74) is 0.167. The van der Waals surface area contributed by atoms with Gasteiger partial charge in [0, 0.05) is 0 Å². The van der Waals surface area contributed by atoms with E-state index in [0.29, 0.717) is 0 Å². The summed E-state index contributed by atoms with van der Waals surface area (Å²) in [4.78, 5) is 20.7. The van der Waals surface area contributed by atoms with E-state index in [0.717, 1.165) is 0 Å². The Bertz CT molecular complexity index is 393. The summed E-state index contributed by atoms with van der Waals surface area (Å²) < 4.78 is 4.36. The van der Waals surface area contributed by atoms with Crippen LogP contribution in [0.25, 0.3) is 0 Å². The third-order valence-electron chi connectivity index (χ3n) is 1.57. The second-order valence-electron chi connectivity index (χ2n) is 2.66. The normalized spacial score (nSPS) is 7.05. The van der Waals surface area contributed by atoms with Gasteiger partial charge in [-0.1, -0.05) is 13.2 Å². The van der Waals surface area contributed by atoms with Crippen molar-refractivity contribution >= 4 is 11.9 Å². The largest absolute Gasteiger partial charge is 0.478 e. The summed E-state index contributed by atoms with van der Waals surface area (Å²) in [6, 6.07) is 5.02. The molecule has 0 fully saturated rings. The SMILES string of the molecule is C=C.C=C.C=COC=C.O=C(O)c1ccc(C(=O)O)cc1. The zero-order chi connectivity index (χ0) is 17.3. The highest BCUT2D eigenvalue weighted by Gasteiger charge is 2.04. The Labute approximate surface area is 124 Å². The highest BCUT2D eigenvalue weighted by atomic mass is 16.5. The first-order chi connectivity index (χ1) is 10.0.